The molecule has 0 radical (unpaired) electrons. The zero-order chi connectivity index (χ0) is 25.3. The van der Waals surface area contributed by atoms with E-state index in [0.29, 0.717) is 11.3 Å². The molecule has 1 aromatic rings. The zero-order valence-electron chi connectivity index (χ0n) is 19.7. The summed E-state index contributed by atoms with van der Waals surface area (Å²) in [5, 5.41) is 23.6. The smallest absolute Gasteiger partial charge is 0.336 e. The fourth-order valence-electron chi connectivity index (χ4n) is 3.63. The van der Waals surface area contributed by atoms with E-state index in [9.17, 15) is 19.7 Å². The third-order valence-corrected chi connectivity index (χ3v) is 4.92. The van der Waals surface area contributed by atoms with Gasteiger partial charge in [0.05, 0.1) is 40.9 Å². The Kier molecular flexibility index (Phi) is 10.2. The van der Waals surface area contributed by atoms with Crippen LogP contribution >= 0.6 is 0 Å². The normalized spacial score (nSPS) is 15.9. The van der Waals surface area contributed by atoms with Gasteiger partial charge in [0.25, 0.3) is 5.69 Å². The Labute approximate surface area is 197 Å². The Balaban J connectivity index is 2.82. The number of aliphatic hydroxyl groups excluding tert-OH is 1. The number of rotatable bonds is 12. The fraction of sp³-hybridized carbons (Fsp3) is 0.478. The Morgan fingerprint density at radius 1 is 1.09 bits per heavy atom. The molecule has 1 aliphatic rings. The van der Waals surface area contributed by atoms with Crippen LogP contribution in [0.15, 0.2) is 46.8 Å². The summed E-state index contributed by atoms with van der Waals surface area (Å²) < 4.78 is 21.9. The van der Waals surface area contributed by atoms with E-state index in [0.717, 1.165) is 0 Å². The van der Waals surface area contributed by atoms with Crippen LogP contribution in [0.1, 0.15) is 39.2 Å². The van der Waals surface area contributed by atoms with E-state index < -0.39 is 35.7 Å². The number of carbonyl (C=O) groups is 2. The molecule has 1 unspecified atom stereocenters. The summed E-state index contributed by atoms with van der Waals surface area (Å²) >= 11 is 0. The van der Waals surface area contributed by atoms with E-state index in [4.69, 9.17) is 24.1 Å². The minimum Gasteiger partial charge on any atom is -0.463 e. The minimum atomic E-state index is -1.08. The number of carbonyl (C=O) groups excluding carboxylic acids is 2. The van der Waals surface area contributed by atoms with Gasteiger partial charge in [-0.1, -0.05) is 12.1 Å². The monoisotopic (exact) mass is 478 g/mol. The summed E-state index contributed by atoms with van der Waals surface area (Å²) in [7, 11) is 0. The van der Waals surface area contributed by atoms with Crippen LogP contribution < -0.4 is 5.32 Å². The highest BCUT2D eigenvalue weighted by Crippen LogP contribution is 2.41. The molecule has 0 fully saturated rings. The number of nitro groups is 1. The summed E-state index contributed by atoms with van der Waals surface area (Å²) in [5.74, 6) is -2.61. The largest absolute Gasteiger partial charge is 0.463 e. The fourth-order valence-corrected chi connectivity index (χ4v) is 3.63. The number of nitrogens with one attached hydrogen (secondary N) is 1. The van der Waals surface area contributed by atoms with Gasteiger partial charge in [0.2, 0.25) is 0 Å². The van der Waals surface area contributed by atoms with Crippen LogP contribution in [-0.4, -0.2) is 61.3 Å². The van der Waals surface area contributed by atoms with Gasteiger partial charge >= 0.3 is 11.9 Å². The Bertz CT molecular complexity index is 965. The lowest BCUT2D eigenvalue weighted by molar-refractivity contribution is -0.384. The van der Waals surface area contributed by atoms with E-state index in [-0.39, 0.29) is 49.0 Å². The zero-order valence-corrected chi connectivity index (χ0v) is 19.7. The standard InChI is InChI=1S/C23H30N2O9/c1-5-31-22(28)19-18(15-9-8-10-16(13-15)25(29)30)17(21(27)34-12-11-26)14(4)24-20(19)23(32-6-2)33-7-3/h8-10,13,18,23-24,26H,5-7,11-12H2,1-4H3. The van der Waals surface area contributed by atoms with Crippen molar-refractivity contribution < 1.29 is 38.6 Å². The molecule has 0 saturated heterocycles. The quantitative estimate of drug-likeness (QED) is 0.198. The van der Waals surface area contributed by atoms with Gasteiger partial charge in [-0.05, 0) is 33.3 Å². The summed E-state index contributed by atoms with van der Waals surface area (Å²) in [4.78, 5) is 37.1. The maximum absolute atomic E-state index is 13.2. The van der Waals surface area contributed by atoms with Gasteiger partial charge in [-0.15, -0.1) is 0 Å². The molecule has 0 saturated carbocycles. The number of hydrogen-bond acceptors (Lipinski definition) is 10. The average molecular weight is 478 g/mol. The van der Waals surface area contributed by atoms with Gasteiger partial charge in [0.15, 0.2) is 6.29 Å². The first-order chi connectivity index (χ1) is 16.3. The maximum Gasteiger partial charge on any atom is 0.336 e. The van der Waals surface area contributed by atoms with Crippen LogP contribution in [0.5, 0.6) is 0 Å². The van der Waals surface area contributed by atoms with Crippen molar-refractivity contribution in [2.24, 2.45) is 0 Å². The second kappa shape index (κ2) is 12.8. The third-order valence-electron chi connectivity index (χ3n) is 4.92. The summed E-state index contributed by atoms with van der Waals surface area (Å²) in [6, 6.07) is 5.63. The number of aliphatic hydroxyl groups is 1. The number of nitrogens with zero attached hydrogens (tertiary/aromatic N) is 1. The van der Waals surface area contributed by atoms with Gasteiger partial charge < -0.3 is 29.4 Å². The molecule has 11 nitrogen and oxygen atoms in total. The van der Waals surface area contributed by atoms with Crippen LogP contribution in [0, 0.1) is 10.1 Å². The van der Waals surface area contributed by atoms with Crippen molar-refractivity contribution in [2.45, 2.75) is 39.9 Å². The van der Waals surface area contributed by atoms with Crippen molar-refractivity contribution in [3.8, 4) is 0 Å². The third kappa shape index (κ3) is 6.19. The molecule has 11 heteroatoms. The Hall–Kier alpha value is -3.28. The first-order valence-electron chi connectivity index (χ1n) is 10.9. The van der Waals surface area contributed by atoms with Crippen LogP contribution in [0.3, 0.4) is 0 Å². The minimum absolute atomic E-state index is 0.01000. The van der Waals surface area contributed by atoms with Crippen LogP contribution in [-0.2, 0) is 28.5 Å². The number of esters is 2. The van der Waals surface area contributed by atoms with Gasteiger partial charge in [-0.3, -0.25) is 10.1 Å². The van der Waals surface area contributed by atoms with Crippen LogP contribution in [0.2, 0.25) is 0 Å². The lowest BCUT2D eigenvalue weighted by atomic mass is 9.80. The number of hydrogen-bond donors (Lipinski definition) is 2. The van der Waals surface area contributed by atoms with E-state index >= 15 is 0 Å². The number of nitro benzene ring substituents is 1. The van der Waals surface area contributed by atoms with E-state index in [2.05, 4.69) is 5.32 Å². The molecule has 1 aliphatic heterocycles. The molecule has 0 aliphatic carbocycles. The highest BCUT2D eigenvalue weighted by Gasteiger charge is 2.41. The van der Waals surface area contributed by atoms with Crippen LogP contribution in [0.4, 0.5) is 5.69 Å². The maximum atomic E-state index is 13.2. The van der Waals surface area contributed by atoms with Gasteiger partial charge in [0.1, 0.15) is 6.61 Å². The van der Waals surface area contributed by atoms with Gasteiger partial charge in [-0.2, -0.15) is 0 Å². The van der Waals surface area contributed by atoms with Gasteiger partial charge in [0, 0.05) is 31.0 Å². The second-order valence-corrected chi connectivity index (χ2v) is 7.10. The average Bonchev–Trinajstić information content (AvgIpc) is 2.81. The van der Waals surface area contributed by atoms with Gasteiger partial charge in [-0.25, -0.2) is 9.59 Å². The SMILES string of the molecule is CCOC(=O)C1=C(C(OCC)OCC)NC(C)=C(C(=O)OCCO)C1c1cccc([N+](=O)[O-])c1. The number of allylic oxidation sites excluding steroid dienone is 1. The topological polar surface area (TPSA) is 146 Å². The first kappa shape index (κ1) is 27.0. The molecule has 34 heavy (non-hydrogen) atoms. The van der Waals surface area contributed by atoms with E-state index in [1.165, 1.54) is 18.2 Å². The predicted molar refractivity (Wildman–Crippen MR) is 120 cm³/mol. The molecule has 1 atom stereocenters. The number of ether oxygens (including phenoxy) is 4. The van der Waals surface area contributed by atoms with Crippen molar-refractivity contribution >= 4 is 17.6 Å². The molecular formula is C23H30N2O9. The first-order valence-corrected chi connectivity index (χ1v) is 10.9. The lowest BCUT2D eigenvalue weighted by Gasteiger charge is -2.34. The molecule has 186 valence electrons. The number of benzene rings is 1. The molecule has 0 amide bonds. The second-order valence-electron chi connectivity index (χ2n) is 7.10. The molecule has 2 N–H and O–H groups in total. The summed E-state index contributed by atoms with van der Waals surface area (Å²) in [5.41, 5.74) is 0.719. The van der Waals surface area contributed by atoms with Crippen molar-refractivity contribution in [1.82, 2.24) is 5.32 Å². The van der Waals surface area contributed by atoms with Crippen molar-refractivity contribution in [3.05, 3.63) is 62.5 Å². The van der Waals surface area contributed by atoms with E-state index in [1.807, 2.05) is 0 Å². The molecule has 1 aromatic carbocycles. The highest BCUT2D eigenvalue weighted by atomic mass is 16.7. The summed E-state index contributed by atoms with van der Waals surface area (Å²) in [6.07, 6.45) is -0.986. The number of non-ortho nitro benzene ring substituents is 1. The molecular weight excluding hydrogens is 448 g/mol. The van der Waals surface area contributed by atoms with Crippen molar-refractivity contribution in [2.75, 3.05) is 33.0 Å². The molecule has 1 heterocycles. The van der Waals surface area contributed by atoms with Crippen molar-refractivity contribution in [1.29, 1.82) is 0 Å². The predicted octanol–water partition coefficient (Wildman–Crippen LogP) is 2.31. The summed E-state index contributed by atoms with van der Waals surface area (Å²) in [6.45, 7) is 6.70. The van der Waals surface area contributed by atoms with Crippen LogP contribution in [0.25, 0.3) is 0 Å². The Morgan fingerprint density at radius 3 is 2.29 bits per heavy atom. The number of dihydropyridines is 1. The molecule has 2 rings (SSSR count). The lowest BCUT2D eigenvalue weighted by Crippen LogP contribution is -2.39. The van der Waals surface area contributed by atoms with E-state index in [1.54, 1.807) is 33.8 Å². The molecule has 0 spiro atoms. The Morgan fingerprint density at radius 2 is 1.74 bits per heavy atom. The molecule has 0 bridgehead atoms. The van der Waals surface area contributed by atoms with Crippen molar-refractivity contribution in [3.63, 3.8) is 0 Å². The molecule has 0 aromatic heterocycles. The highest BCUT2D eigenvalue weighted by molar-refractivity contribution is 6.00.